The molecule has 1 spiro atoms. The van der Waals surface area contributed by atoms with E-state index >= 15 is 0 Å². The van der Waals surface area contributed by atoms with Gasteiger partial charge in [-0.05, 0) is 42.9 Å². The number of ether oxygens (including phenoxy) is 1. The molecule has 2 heteroatoms. The van der Waals surface area contributed by atoms with E-state index in [4.69, 9.17) is 4.74 Å². The Balaban J connectivity index is 1.73. The lowest BCUT2D eigenvalue weighted by atomic mass is 9.58. The summed E-state index contributed by atoms with van der Waals surface area (Å²) >= 11 is 3.89. The van der Waals surface area contributed by atoms with Crippen LogP contribution >= 0.6 is 15.9 Å². The lowest BCUT2D eigenvalue weighted by molar-refractivity contribution is -0.0601. The van der Waals surface area contributed by atoms with E-state index in [1.54, 1.807) is 0 Å². The van der Waals surface area contributed by atoms with Crippen molar-refractivity contribution in [1.82, 2.24) is 0 Å². The van der Waals surface area contributed by atoms with E-state index in [1.165, 1.54) is 37.7 Å². The van der Waals surface area contributed by atoms with Crippen LogP contribution in [-0.2, 0) is 0 Å². The first-order valence-corrected chi connectivity index (χ1v) is 8.94. The van der Waals surface area contributed by atoms with Crippen LogP contribution < -0.4 is 4.74 Å². The number of rotatable bonds is 3. The normalized spacial score (nSPS) is 28.4. The summed E-state index contributed by atoms with van der Waals surface area (Å²) in [5.74, 6) is 1.62. The second kappa shape index (κ2) is 5.71. The van der Waals surface area contributed by atoms with Gasteiger partial charge in [-0.3, -0.25) is 0 Å². The monoisotopic (exact) mass is 336 g/mol. The van der Waals surface area contributed by atoms with E-state index in [-0.39, 0.29) is 0 Å². The summed E-state index contributed by atoms with van der Waals surface area (Å²) in [5, 5.41) is 0. The number of hydrogen-bond acceptors (Lipinski definition) is 1. The first kappa shape index (κ1) is 14.4. The first-order chi connectivity index (χ1) is 9.62. The number of alkyl halides is 1. The standard InChI is InChI=1S/C18H25BrO/c1-13(2)14-7-6-8-15(11-14)20-17-12-16(19)18(17)9-4-3-5-10-18/h6-8,11,13,16-17H,3-5,9-10,12H2,1-2H3. The van der Waals surface area contributed by atoms with Gasteiger partial charge in [0.15, 0.2) is 0 Å². The Labute approximate surface area is 131 Å². The summed E-state index contributed by atoms with van der Waals surface area (Å²) in [6.45, 7) is 4.47. The summed E-state index contributed by atoms with van der Waals surface area (Å²) in [6, 6.07) is 8.66. The van der Waals surface area contributed by atoms with E-state index in [9.17, 15) is 0 Å². The highest BCUT2D eigenvalue weighted by Crippen LogP contribution is 2.56. The van der Waals surface area contributed by atoms with Crippen LogP contribution in [0.15, 0.2) is 24.3 Å². The molecule has 3 rings (SSSR count). The van der Waals surface area contributed by atoms with Crippen LogP contribution in [0.25, 0.3) is 0 Å². The maximum Gasteiger partial charge on any atom is 0.120 e. The quantitative estimate of drug-likeness (QED) is 0.645. The van der Waals surface area contributed by atoms with Gasteiger partial charge in [-0.15, -0.1) is 0 Å². The van der Waals surface area contributed by atoms with Gasteiger partial charge in [-0.25, -0.2) is 0 Å². The molecule has 1 aromatic carbocycles. The molecule has 2 fully saturated rings. The van der Waals surface area contributed by atoms with Crippen LogP contribution in [0.4, 0.5) is 0 Å². The first-order valence-electron chi connectivity index (χ1n) is 8.02. The minimum atomic E-state index is 0.409. The molecule has 2 atom stereocenters. The van der Waals surface area contributed by atoms with E-state index in [0.717, 1.165) is 12.2 Å². The van der Waals surface area contributed by atoms with Gasteiger partial charge in [0.25, 0.3) is 0 Å². The van der Waals surface area contributed by atoms with E-state index in [0.29, 0.717) is 22.3 Å². The lowest BCUT2D eigenvalue weighted by Crippen LogP contribution is -2.57. The Morgan fingerprint density at radius 3 is 2.60 bits per heavy atom. The fourth-order valence-corrected chi connectivity index (χ4v) is 4.91. The molecule has 0 bridgehead atoms. The van der Waals surface area contributed by atoms with Crippen molar-refractivity contribution in [2.24, 2.45) is 5.41 Å². The third kappa shape index (κ3) is 2.52. The van der Waals surface area contributed by atoms with Gasteiger partial charge >= 0.3 is 0 Å². The van der Waals surface area contributed by atoms with Crippen molar-refractivity contribution in [2.75, 3.05) is 0 Å². The minimum Gasteiger partial charge on any atom is -0.490 e. The molecule has 0 N–H and O–H groups in total. The molecule has 0 radical (unpaired) electrons. The Kier molecular flexibility index (Phi) is 4.12. The maximum atomic E-state index is 6.37. The van der Waals surface area contributed by atoms with Crippen molar-refractivity contribution in [3.63, 3.8) is 0 Å². The zero-order valence-electron chi connectivity index (χ0n) is 12.6. The summed E-state index contributed by atoms with van der Waals surface area (Å²) in [7, 11) is 0. The van der Waals surface area contributed by atoms with Gasteiger partial charge in [-0.1, -0.05) is 61.2 Å². The number of hydrogen-bond donors (Lipinski definition) is 0. The molecule has 0 saturated heterocycles. The molecule has 20 heavy (non-hydrogen) atoms. The predicted octanol–water partition coefficient (Wildman–Crippen LogP) is 5.68. The average molecular weight is 337 g/mol. The fourth-order valence-electron chi connectivity index (χ4n) is 3.82. The van der Waals surface area contributed by atoms with E-state index < -0.39 is 0 Å². The molecule has 2 unspecified atom stereocenters. The average Bonchev–Trinajstić information content (AvgIpc) is 2.48. The lowest BCUT2D eigenvalue weighted by Gasteiger charge is -2.55. The molecule has 2 saturated carbocycles. The largest absolute Gasteiger partial charge is 0.490 e. The molecule has 0 heterocycles. The fraction of sp³-hybridized carbons (Fsp3) is 0.667. The highest BCUT2D eigenvalue weighted by molar-refractivity contribution is 9.09. The maximum absolute atomic E-state index is 6.37. The molecule has 0 amide bonds. The second-order valence-electron chi connectivity index (χ2n) is 6.83. The minimum absolute atomic E-state index is 0.409. The third-order valence-corrected chi connectivity index (χ3v) is 6.56. The Morgan fingerprint density at radius 1 is 1.20 bits per heavy atom. The van der Waals surface area contributed by atoms with Crippen LogP contribution in [0.3, 0.4) is 0 Å². The smallest absolute Gasteiger partial charge is 0.120 e. The molecule has 0 aliphatic heterocycles. The number of benzene rings is 1. The van der Waals surface area contributed by atoms with Crippen molar-refractivity contribution in [3.05, 3.63) is 29.8 Å². The zero-order chi connectivity index (χ0) is 14.2. The molecular formula is C18H25BrO. The summed E-state index contributed by atoms with van der Waals surface area (Å²) in [4.78, 5) is 0.661. The van der Waals surface area contributed by atoms with Crippen molar-refractivity contribution in [3.8, 4) is 5.75 Å². The van der Waals surface area contributed by atoms with Crippen molar-refractivity contribution >= 4 is 15.9 Å². The van der Waals surface area contributed by atoms with Crippen LogP contribution in [-0.4, -0.2) is 10.9 Å². The molecular weight excluding hydrogens is 312 g/mol. The summed E-state index contributed by atoms with van der Waals surface area (Å²) in [5.41, 5.74) is 1.78. The third-order valence-electron chi connectivity index (χ3n) is 5.27. The van der Waals surface area contributed by atoms with Gasteiger partial charge in [0.05, 0.1) is 0 Å². The Bertz CT molecular complexity index is 462. The van der Waals surface area contributed by atoms with Gasteiger partial charge in [-0.2, -0.15) is 0 Å². The molecule has 2 aliphatic rings. The Hall–Kier alpha value is -0.500. The highest BCUT2D eigenvalue weighted by atomic mass is 79.9. The van der Waals surface area contributed by atoms with E-state index in [1.807, 2.05) is 0 Å². The van der Waals surface area contributed by atoms with Crippen LogP contribution in [0.1, 0.15) is 63.9 Å². The number of halogens is 1. The van der Waals surface area contributed by atoms with Crippen LogP contribution in [0.2, 0.25) is 0 Å². The topological polar surface area (TPSA) is 9.23 Å². The molecule has 1 nitrogen and oxygen atoms in total. The van der Waals surface area contributed by atoms with Crippen molar-refractivity contribution < 1.29 is 4.74 Å². The summed E-state index contributed by atoms with van der Waals surface area (Å²) in [6.07, 6.45) is 8.37. The van der Waals surface area contributed by atoms with Crippen molar-refractivity contribution in [1.29, 1.82) is 0 Å². The molecule has 110 valence electrons. The van der Waals surface area contributed by atoms with Crippen molar-refractivity contribution in [2.45, 2.75) is 69.2 Å². The second-order valence-corrected chi connectivity index (χ2v) is 7.94. The van der Waals surface area contributed by atoms with Gasteiger partial charge in [0.1, 0.15) is 11.9 Å². The SMILES string of the molecule is CC(C)c1cccc(OC2CC(Br)C23CCCCC3)c1. The van der Waals surface area contributed by atoms with Gasteiger partial charge in [0, 0.05) is 10.2 Å². The molecule has 2 aliphatic carbocycles. The van der Waals surface area contributed by atoms with E-state index in [2.05, 4.69) is 54.0 Å². The zero-order valence-corrected chi connectivity index (χ0v) is 14.2. The summed E-state index contributed by atoms with van der Waals surface area (Å²) < 4.78 is 6.37. The van der Waals surface area contributed by atoms with Crippen LogP contribution in [0.5, 0.6) is 5.75 Å². The highest BCUT2D eigenvalue weighted by Gasteiger charge is 2.55. The molecule has 1 aromatic rings. The predicted molar refractivity (Wildman–Crippen MR) is 87.8 cm³/mol. The van der Waals surface area contributed by atoms with Crippen LogP contribution in [0, 0.1) is 5.41 Å². The van der Waals surface area contributed by atoms with Gasteiger partial charge < -0.3 is 4.74 Å². The molecule has 0 aromatic heterocycles. The van der Waals surface area contributed by atoms with Gasteiger partial charge in [0.2, 0.25) is 0 Å². The Morgan fingerprint density at radius 2 is 1.95 bits per heavy atom.